The first-order valence-electron chi connectivity index (χ1n) is 4.25. The zero-order valence-corrected chi connectivity index (χ0v) is 7.93. The van der Waals surface area contributed by atoms with Gasteiger partial charge in [0.05, 0.1) is 7.11 Å². The Bertz CT molecular complexity index is 342. The van der Waals surface area contributed by atoms with Crippen LogP contribution < -0.4 is 4.74 Å². The molecular formula is C11H12O3. The number of rotatable bonds is 4. The van der Waals surface area contributed by atoms with E-state index in [1.165, 1.54) is 0 Å². The van der Waals surface area contributed by atoms with E-state index in [2.05, 4.69) is 0 Å². The van der Waals surface area contributed by atoms with Gasteiger partial charge in [0.2, 0.25) is 0 Å². The molecule has 3 heteroatoms. The fourth-order valence-electron chi connectivity index (χ4n) is 1.10. The summed E-state index contributed by atoms with van der Waals surface area (Å²) in [5, 5.41) is 9.23. The zero-order chi connectivity index (χ0) is 10.4. The summed E-state index contributed by atoms with van der Waals surface area (Å²) in [4.78, 5) is 10.1. The topological polar surface area (TPSA) is 46.5 Å². The highest BCUT2D eigenvalue weighted by Gasteiger charge is 1.99. The fourth-order valence-corrected chi connectivity index (χ4v) is 1.10. The number of aldehydes is 1. The van der Waals surface area contributed by atoms with Gasteiger partial charge in [-0.1, -0.05) is 12.2 Å². The van der Waals surface area contributed by atoms with Gasteiger partial charge in [-0.3, -0.25) is 0 Å². The van der Waals surface area contributed by atoms with Crippen molar-refractivity contribution in [1.82, 2.24) is 0 Å². The number of ether oxygens (including phenoxy) is 1. The molecule has 74 valence electrons. The molecule has 0 radical (unpaired) electrons. The van der Waals surface area contributed by atoms with Gasteiger partial charge in [0.15, 0.2) is 0 Å². The van der Waals surface area contributed by atoms with Crippen molar-refractivity contribution in [2.75, 3.05) is 7.11 Å². The van der Waals surface area contributed by atoms with Crippen LogP contribution in [0.2, 0.25) is 0 Å². The number of aromatic hydroxyl groups is 1. The fraction of sp³-hybridized carbons (Fsp3) is 0.182. The van der Waals surface area contributed by atoms with Gasteiger partial charge in [-0.15, -0.1) is 0 Å². The summed E-state index contributed by atoms with van der Waals surface area (Å²) in [5.74, 6) is 0.849. The molecule has 1 N–H and O–H groups in total. The maximum absolute atomic E-state index is 10.1. The van der Waals surface area contributed by atoms with E-state index in [1.807, 2.05) is 0 Å². The molecule has 0 bridgehead atoms. The average molecular weight is 192 g/mol. The number of carbonyl (C=O) groups excluding carboxylic acids is 1. The first-order valence-corrected chi connectivity index (χ1v) is 4.25. The molecule has 0 spiro atoms. The van der Waals surface area contributed by atoms with E-state index in [-0.39, 0.29) is 5.75 Å². The first kappa shape index (κ1) is 10.3. The minimum absolute atomic E-state index is 0.177. The summed E-state index contributed by atoms with van der Waals surface area (Å²) in [7, 11) is 1.56. The molecule has 3 nitrogen and oxygen atoms in total. The van der Waals surface area contributed by atoms with E-state index in [9.17, 15) is 9.90 Å². The predicted molar refractivity (Wildman–Crippen MR) is 54.4 cm³/mol. The molecule has 0 saturated carbocycles. The molecule has 0 aliphatic rings. The normalized spacial score (nSPS) is 10.4. The minimum atomic E-state index is 0.177. The van der Waals surface area contributed by atoms with Crippen molar-refractivity contribution in [2.45, 2.75) is 6.42 Å². The van der Waals surface area contributed by atoms with Crippen LogP contribution in [-0.4, -0.2) is 18.5 Å². The van der Waals surface area contributed by atoms with E-state index in [1.54, 1.807) is 37.5 Å². The van der Waals surface area contributed by atoms with Crippen molar-refractivity contribution in [2.24, 2.45) is 0 Å². The molecular weight excluding hydrogens is 180 g/mol. The van der Waals surface area contributed by atoms with Crippen LogP contribution in [0, 0.1) is 0 Å². The molecule has 0 heterocycles. The van der Waals surface area contributed by atoms with Gasteiger partial charge in [-0.25, -0.2) is 0 Å². The Morgan fingerprint density at radius 3 is 2.93 bits per heavy atom. The number of hydrogen-bond acceptors (Lipinski definition) is 3. The van der Waals surface area contributed by atoms with Crippen LogP contribution in [0.5, 0.6) is 11.5 Å². The van der Waals surface area contributed by atoms with Crippen molar-refractivity contribution in [3.8, 4) is 11.5 Å². The molecule has 1 aromatic carbocycles. The van der Waals surface area contributed by atoms with Crippen LogP contribution >= 0.6 is 0 Å². The second-order valence-corrected chi connectivity index (χ2v) is 2.73. The smallest absolute Gasteiger partial charge is 0.126 e. The Morgan fingerprint density at radius 1 is 1.50 bits per heavy atom. The van der Waals surface area contributed by atoms with Gasteiger partial charge in [0.1, 0.15) is 17.8 Å². The number of hydrogen-bond donors (Lipinski definition) is 1. The predicted octanol–water partition coefficient (Wildman–Crippen LogP) is 2.00. The molecule has 1 aromatic rings. The summed E-state index contributed by atoms with van der Waals surface area (Å²) in [6.07, 6.45) is 4.63. The maximum Gasteiger partial charge on any atom is 0.126 e. The van der Waals surface area contributed by atoms with Crippen molar-refractivity contribution in [3.05, 3.63) is 29.8 Å². The monoisotopic (exact) mass is 192 g/mol. The van der Waals surface area contributed by atoms with Gasteiger partial charge in [-0.05, 0) is 18.2 Å². The van der Waals surface area contributed by atoms with Gasteiger partial charge in [0, 0.05) is 12.0 Å². The Balaban J connectivity index is 2.92. The largest absolute Gasteiger partial charge is 0.508 e. The van der Waals surface area contributed by atoms with Crippen LogP contribution in [0.3, 0.4) is 0 Å². The molecule has 0 aliphatic carbocycles. The Labute approximate surface area is 82.6 Å². The third kappa shape index (κ3) is 2.62. The lowest BCUT2D eigenvalue weighted by Crippen LogP contribution is -1.86. The molecule has 0 atom stereocenters. The number of methoxy groups -OCH3 is 1. The summed E-state index contributed by atoms with van der Waals surface area (Å²) in [6, 6.07) is 4.81. The Hall–Kier alpha value is -1.77. The van der Waals surface area contributed by atoms with Gasteiger partial charge in [-0.2, -0.15) is 0 Å². The maximum atomic E-state index is 10.1. The van der Waals surface area contributed by atoms with Gasteiger partial charge < -0.3 is 14.6 Å². The zero-order valence-electron chi connectivity index (χ0n) is 7.93. The van der Waals surface area contributed by atoms with Crippen molar-refractivity contribution in [3.63, 3.8) is 0 Å². The lowest BCUT2D eigenvalue weighted by Gasteiger charge is -2.04. The van der Waals surface area contributed by atoms with Crippen molar-refractivity contribution >= 4 is 12.4 Å². The lowest BCUT2D eigenvalue weighted by molar-refractivity contribution is -0.107. The van der Waals surface area contributed by atoms with Crippen LogP contribution in [0.25, 0.3) is 6.08 Å². The second-order valence-electron chi connectivity index (χ2n) is 2.73. The molecule has 0 amide bonds. The average Bonchev–Trinajstić information content (AvgIpc) is 2.19. The van der Waals surface area contributed by atoms with Crippen molar-refractivity contribution < 1.29 is 14.6 Å². The standard InChI is InChI=1S/C11H12O3/c1-14-11-6-5-10(13)8-9(11)4-2-3-7-12/h2,4-8,13H,3H2,1H3. The number of benzene rings is 1. The number of phenols is 1. The van der Waals surface area contributed by atoms with Crippen LogP contribution in [0.1, 0.15) is 12.0 Å². The third-order valence-corrected chi connectivity index (χ3v) is 1.74. The van der Waals surface area contributed by atoms with E-state index >= 15 is 0 Å². The molecule has 0 fully saturated rings. The summed E-state index contributed by atoms with van der Waals surface area (Å²) >= 11 is 0. The third-order valence-electron chi connectivity index (χ3n) is 1.74. The minimum Gasteiger partial charge on any atom is -0.508 e. The molecule has 14 heavy (non-hydrogen) atoms. The highest BCUT2D eigenvalue weighted by Crippen LogP contribution is 2.24. The second kappa shape index (κ2) is 5.07. The van der Waals surface area contributed by atoms with Gasteiger partial charge in [0.25, 0.3) is 0 Å². The highest BCUT2D eigenvalue weighted by atomic mass is 16.5. The Morgan fingerprint density at radius 2 is 2.29 bits per heavy atom. The van der Waals surface area contributed by atoms with Crippen LogP contribution in [0.4, 0.5) is 0 Å². The molecule has 0 saturated heterocycles. The van der Waals surface area contributed by atoms with Crippen LogP contribution in [0.15, 0.2) is 24.3 Å². The van der Waals surface area contributed by atoms with Crippen molar-refractivity contribution in [1.29, 1.82) is 0 Å². The number of carbonyl (C=O) groups is 1. The summed E-state index contributed by atoms with van der Waals surface area (Å²) in [5.41, 5.74) is 0.759. The highest BCUT2D eigenvalue weighted by molar-refractivity contribution is 5.62. The summed E-state index contributed by atoms with van der Waals surface area (Å²) < 4.78 is 5.08. The van der Waals surface area contributed by atoms with Crippen LogP contribution in [-0.2, 0) is 4.79 Å². The van der Waals surface area contributed by atoms with E-state index in [4.69, 9.17) is 4.74 Å². The van der Waals surface area contributed by atoms with E-state index in [0.29, 0.717) is 12.2 Å². The molecule has 0 unspecified atom stereocenters. The number of allylic oxidation sites excluding steroid dienone is 1. The molecule has 1 rings (SSSR count). The first-order chi connectivity index (χ1) is 6.77. The lowest BCUT2D eigenvalue weighted by atomic mass is 10.1. The number of phenolic OH excluding ortho intramolecular Hbond substituents is 1. The molecule has 0 aromatic heterocycles. The Kier molecular flexibility index (Phi) is 3.73. The quantitative estimate of drug-likeness (QED) is 0.742. The summed E-state index contributed by atoms with van der Waals surface area (Å²) in [6.45, 7) is 0. The van der Waals surface area contributed by atoms with Gasteiger partial charge >= 0.3 is 0 Å². The van der Waals surface area contributed by atoms with E-state index in [0.717, 1.165) is 11.8 Å². The van der Waals surface area contributed by atoms with E-state index < -0.39 is 0 Å². The molecule has 0 aliphatic heterocycles. The SMILES string of the molecule is COc1ccc(O)cc1C=CCC=O.